The molecule has 5 nitrogen and oxygen atoms in total. The highest BCUT2D eigenvalue weighted by Crippen LogP contribution is 2.24. The Morgan fingerprint density at radius 3 is 2.50 bits per heavy atom. The van der Waals surface area contributed by atoms with Gasteiger partial charge in [-0.05, 0) is 35.9 Å². The number of benzene rings is 2. The van der Waals surface area contributed by atoms with Gasteiger partial charge in [0.15, 0.2) is 0 Å². The molecule has 0 aromatic heterocycles. The molecule has 0 radical (unpaired) electrons. The maximum absolute atomic E-state index is 14.3. The van der Waals surface area contributed by atoms with Gasteiger partial charge < -0.3 is 20.1 Å². The molecule has 1 aliphatic heterocycles. The first kappa shape index (κ1) is 16.3. The zero-order chi connectivity index (χ0) is 16.9. The van der Waals surface area contributed by atoms with Crippen LogP contribution in [0.5, 0.6) is 0 Å². The van der Waals surface area contributed by atoms with Crippen LogP contribution in [0.3, 0.4) is 0 Å². The van der Waals surface area contributed by atoms with E-state index in [9.17, 15) is 9.18 Å². The Labute approximate surface area is 139 Å². The van der Waals surface area contributed by atoms with Gasteiger partial charge in [-0.15, -0.1) is 0 Å². The summed E-state index contributed by atoms with van der Waals surface area (Å²) in [5.74, 6) is -1.21. The Kier molecular flexibility index (Phi) is 4.96. The summed E-state index contributed by atoms with van der Waals surface area (Å²) in [6.07, 6.45) is 0. The molecular formula is C18H19FN2O3. The van der Waals surface area contributed by atoms with E-state index < -0.39 is 5.97 Å². The van der Waals surface area contributed by atoms with Crippen LogP contribution in [-0.4, -0.2) is 37.4 Å². The number of ether oxygens (including phenoxy) is 1. The molecule has 0 amide bonds. The van der Waals surface area contributed by atoms with Crippen LogP contribution < -0.4 is 10.2 Å². The molecule has 0 aliphatic carbocycles. The molecule has 1 saturated heterocycles. The molecular weight excluding hydrogens is 311 g/mol. The number of nitrogens with zero attached hydrogens (tertiary/aromatic N) is 1. The van der Waals surface area contributed by atoms with Crippen molar-refractivity contribution in [3.05, 3.63) is 59.4 Å². The summed E-state index contributed by atoms with van der Waals surface area (Å²) in [5, 5.41) is 12.0. The van der Waals surface area contributed by atoms with E-state index >= 15 is 0 Å². The summed E-state index contributed by atoms with van der Waals surface area (Å²) in [4.78, 5) is 12.8. The SMILES string of the molecule is O=C(O)c1ccc(CNc2ccc(N3CCOCC3)c(F)c2)cc1. The summed E-state index contributed by atoms with van der Waals surface area (Å²) < 4.78 is 19.6. The zero-order valence-electron chi connectivity index (χ0n) is 13.2. The molecule has 0 saturated carbocycles. The Balaban J connectivity index is 1.63. The van der Waals surface area contributed by atoms with Crippen LogP contribution in [0.4, 0.5) is 15.8 Å². The number of carboxylic acid groups (broad SMARTS) is 1. The number of nitrogens with one attached hydrogen (secondary N) is 1. The lowest BCUT2D eigenvalue weighted by Crippen LogP contribution is -2.36. The molecule has 0 unspecified atom stereocenters. The molecule has 126 valence electrons. The second-order valence-corrected chi connectivity index (χ2v) is 5.62. The average Bonchev–Trinajstić information content (AvgIpc) is 2.61. The highest BCUT2D eigenvalue weighted by atomic mass is 19.1. The maximum atomic E-state index is 14.3. The van der Waals surface area contributed by atoms with Crippen molar-refractivity contribution < 1.29 is 19.0 Å². The molecule has 2 aromatic carbocycles. The molecule has 0 bridgehead atoms. The quantitative estimate of drug-likeness (QED) is 0.882. The third-order valence-corrected chi connectivity index (χ3v) is 4.00. The third-order valence-electron chi connectivity index (χ3n) is 4.00. The summed E-state index contributed by atoms with van der Waals surface area (Å²) in [7, 11) is 0. The monoisotopic (exact) mass is 330 g/mol. The van der Waals surface area contributed by atoms with Crippen molar-refractivity contribution in [1.29, 1.82) is 0 Å². The number of carbonyl (C=O) groups is 1. The summed E-state index contributed by atoms with van der Waals surface area (Å²) >= 11 is 0. The fraction of sp³-hybridized carbons (Fsp3) is 0.278. The normalized spacial score (nSPS) is 14.5. The van der Waals surface area contributed by atoms with Crippen molar-refractivity contribution >= 4 is 17.3 Å². The Hall–Kier alpha value is -2.60. The van der Waals surface area contributed by atoms with Crippen LogP contribution in [0.1, 0.15) is 15.9 Å². The Morgan fingerprint density at radius 1 is 1.17 bits per heavy atom. The summed E-state index contributed by atoms with van der Waals surface area (Å²) in [5.41, 5.74) is 2.46. The lowest BCUT2D eigenvalue weighted by molar-refractivity contribution is 0.0697. The predicted molar refractivity (Wildman–Crippen MR) is 90.2 cm³/mol. The van der Waals surface area contributed by atoms with E-state index in [1.165, 1.54) is 6.07 Å². The molecule has 1 heterocycles. The molecule has 6 heteroatoms. The molecule has 0 atom stereocenters. The smallest absolute Gasteiger partial charge is 0.335 e. The first-order valence-electron chi connectivity index (χ1n) is 7.82. The van der Waals surface area contributed by atoms with Crippen LogP contribution in [-0.2, 0) is 11.3 Å². The largest absolute Gasteiger partial charge is 0.478 e. The van der Waals surface area contributed by atoms with Gasteiger partial charge >= 0.3 is 5.97 Å². The predicted octanol–water partition coefficient (Wildman–Crippen LogP) is 2.97. The first-order chi connectivity index (χ1) is 11.6. The van der Waals surface area contributed by atoms with E-state index in [-0.39, 0.29) is 11.4 Å². The molecule has 2 aromatic rings. The van der Waals surface area contributed by atoms with Crippen molar-refractivity contribution in [2.75, 3.05) is 36.5 Å². The number of hydrogen-bond donors (Lipinski definition) is 2. The van der Waals surface area contributed by atoms with E-state index in [0.29, 0.717) is 44.2 Å². The van der Waals surface area contributed by atoms with Gasteiger partial charge in [0.2, 0.25) is 0 Å². The van der Waals surface area contributed by atoms with Gasteiger partial charge in [-0.3, -0.25) is 0 Å². The minimum absolute atomic E-state index is 0.250. The number of aromatic carboxylic acids is 1. The molecule has 1 aliphatic rings. The maximum Gasteiger partial charge on any atom is 0.335 e. The molecule has 1 fully saturated rings. The minimum Gasteiger partial charge on any atom is -0.478 e. The number of halogens is 1. The van der Waals surface area contributed by atoms with Crippen LogP contribution >= 0.6 is 0 Å². The topological polar surface area (TPSA) is 61.8 Å². The highest BCUT2D eigenvalue weighted by molar-refractivity contribution is 5.87. The summed E-state index contributed by atoms with van der Waals surface area (Å²) in [6.45, 7) is 3.12. The van der Waals surface area contributed by atoms with E-state index in [2.05, 4.69) is 5.32 Å². The van der Waals surface area contributed by atoms with Crippen molar-refractivity contribution in [1.82, 2.24) is 0 Å². The lowest BCUT2D eigenvalue weighted by atomic mass is 10.1. The van der Waals surface area contributed by atoms with Crippen molar-refractivity contribution in [2.24, 2.45) is 0 Å². The Bertz CT molecular complexity index is 713. The van der Waals surface area contributed by atoms with Gasteiger partial charge in [-0.1, -0.05) is 12.1 Å². The second-order valence-electron chi connectivity index (χ2n) is 5.62. The van der Waals surface area contributed by atoms with Gasteiger partial charge in [0.25, 0.3) is 0 Å². The highest BCUT2D eigenvalue weighted by Gasteiger charge is 2.15. The number of carboxylic acids is 1. The number of hydrogen-bond acceptors (Lipinski definition) is 4. The van der Waals surface area contributed by atoms with Gasteiger partial charge in [-0.25, -0.2) is 9.18 Å². The van der Waals surface area contributed by atoms with E-state index in [1.807, 2.05) is 11.0 Å². The average molecular weight is 330 g/mol. The fourth-order valence-corrected chi connectivity index (χ4v) is 2.65. The van der Waals surface area contributed by atoms with Gasteiger partial charge in [0.1, 0.15) is 5.82 Å². The Morgan fingerprint density at radius 2 is 1.88 bits per heavy atom. The summed E-state index contributed by atoms with van der Waals surface area (Å²) in [6, 6.07) is 11.7. The van der Waals surface area contributed by atoms with Crippen molar-refractivity contribution in [2.45, 2.75) is 6.54 Å². The van der Waals surface area contributed by atoms with Gasteiger partial charge in [0.05, 0.1) is 24.5 Å². The molecule has 24 heavy (non-hydrogen) atoms. The van der Waals surface area contributed by atoms with Gasteiger partial charge in [-0.2, -0.15) is 0 Å². The van der Waals surface area contributed by atoms with Crippen LogP contribution in [0.15, 0.2) is 42.5 Å². The number of anilines is 2. The van der Waals surface area contributed by atoms with E-state index in [4.69, 9.17) is 9.84 Å². The zero-order valence-corrected chi connectivity index (χ0v) is 13.2. The molecule has 0 spiro atoms. The van der Waals surface area contributed by atoms with Crippen LogP contribution in [0, 0.1) is 5.82 Å². The molecule has 3 rings (SSSR count). The number of rotatable bonds is 5. The molecule has 2 N–H and O–H groups in total. The van der Waals surface area contributed by atoms with E-state index in [0.717, 1.165) is 5.56 Å². The van der Waals surface area contributed by atoms with E-state index in [1.54, 1.807) is 30.3 Å². The minimum atomic E-state index is -0.949. The second kappa shape index (κ2) is 7.31. The fourth-order valence-electron chi connectivity index (χ4n) is 2.65. The number of morpholine rings is 1. The van der Waals surface area contributed by atoms with Crippen LogP contribution in [0.25, 0.3) is 0 Å². The van der Waals surface area contributed by atoms with Crippen LogP contribution in [0.2, 0.25) is 0 Å². The van der Waals surface area contributed by atoms with Crippen molar-refractivity contribution in [3.8, 4) is 0 Å². The first-order valence-corrected chi connectivity index (χ1v) is 7.82. The standard InChI is InChI=1S/C18H19FN2O3/c19-16-11-15(5-6-17(16)21-7-9-24-10-8-21)20-12-13-1-3-14(4-2-13)18(22)23/h1-6,11,20H,7-10,12H2,(H,22,23). The third kappa shape index (κ3) is 3.83. The lowest BCUT2D eigenvalue weighted by Gasteiger charge is -2.29. The van der Waals surface area contributed by atoms with Crippen molar-refractivity contribution in [3.63, 3.8) is 0 Å². The van der Waals surface area contributed by atoms with Gasteiger partial charge in [0, 0.05) is 25.3 Å².